The molecule has 0 aliphatic heterocycles. The van der Waals surface area contributed by atoms with Crippen LogP contribution in [0.15, 0.2) is 23.2 Å². The number of hydrazine groups is 1. The van der Waals surface area contributed by atoms with Gasteiger partial charge in [0.05, 0.1) is 11.4 Å². The minimum atomic E-state index is 0.116. The van der Waals surface area contributed by atoms with Crippen molar-refractivity contribution in [3.63, 3.8) is 0 Å². The molecule has 0 aliphatic rings. The van der Waals surface area contributed by atoms with Gasteiger partial charge in [-0.05, 0) is 29.8 Å². The van der Waals surface area contributed by atoms with E-state index >= 15 is 0 Å². The molecule has 3 N–H and O–H groups in total. The first kappa shape index (κ1) is 10.7. The molecule has 0 saturated carbocycles. The summed E-state index contributed by atoms with van der Waals surface area (Å²) >= 11 is 0. The number of hydrogen-bond acceptors (Lipinski definition) is 3. The summed E-state index contributed by atoms with van der Waals surface area (Å²) in [6.07, 6.45) is 0. The largest absolute Gasteiger partial charge is 0.322 e. The van der Waals surface area contributed by atoms with Crippen molar-refractivity contribution in [2.45, 2.75) is 26.2 Å². The zero-order valence-electron chi connectivity index (χ0n) is 8.96. The second kappa shape index (κ2) is 3.80. The minimum absolute atomic E-state index is 0.116. The first-order valence-electron chi connectivity index (χ1n) is 4.57. The number of nitrogens with two attached hydrogens (primary N) is 1. The molecule has 0 amide bonds. The van der Waals surface area contributed by atoms with E-state index in [1.54, 1.807) is 0 Å². The van der Waals surface area contributed by atoms with Gasteiger partial charge in [-0.2, -0.15) is 0 Å². The third-order valence-corrected chi connectivity index (χ3v) is 2.19. The van der Waals surface area contributed by atoms with Crippen molar-refractivity contribution in [1.82, 2.24) is 0 Å². The maximum atomic E-state index is 5.40. The summed E-state index contributed by atoms with van der Waals surface area (Å²) in [5.41, 5.74) is 5.55. The van der Waals surface area contributed by atoms with Crippen molar-refractivity contribution in [2.24, 2.45) is 10.8 Å². The van der Waals surface area contributed by atoms with E-state index in [0.717, 1.165) is 11.4 Å². The molecule has 0 aromatic heterocycles. The highest BCUT2D eigenvalue weighted by Gasteiger charge is 2.14. The number of nitrogens with one attached hydrogen (secondary N) is 1. The van der Waals surface area contributed by atoms with E-state index in [-0.39, 0.29) is 5.41 Å². The van der Waals surface area contributed by atoms with Gasteiger partial charge in [-0.1, -0.05) is 26.8 Å². The summed E-state index contributed by atoms with van der Waals surface area (Å²) < 4.78 is 0. The second-order valence-corrected chi connectivity index (χ2v) is 4.28. The molecular weight excluding hydrogens is 174 g/mol. The topological polar surface area (TPSA) is 50.4 Å². The van der Waals surface area contributed by atoms with Crippen LogP contribution in [0.2, 0.25) is 0 Å². The lowest BCUT2D eigenvalue weighted by molar-refractivity contribution is 0.590. The smallest absolute Gasteiger partial charge is 0.0867 e. The predicted molar refractivity (Wildman–Crippen MR) is 62.2 cm³/mol. The maximum absolute atomic E-state index is 5.40. The van der Waals surface area contributed by atoms with Gasteiger partial charge < -0.3 is 5.43 Å². The van der Waals surface area contributed by atoms with Crippen molar-refractivity contribution in [3.8, 4) is 0 Å². The summed E-state index contributed by atoms with van der Waals surface area (Å²) in [4.78, 5) is 3.87. The van der Waals surface area contributed by atoms with Gasteiger partial charge in [0.1, 0.15) is 0 Å². The molecule has 3 nitrogen and oxygen atoms in total. The van der Waals surface area contributed by atoms with E-state index in [4.69, 9.17) is 5.84 Å². The molecular formula is C11H17N3. The van der Waals surface area contributed by atoms with E-state index in [2.05, 4.69) is 37.9 Å². The van der Waals surface area contributed by atoms with Gasteiger partial charge in [0.25, 0.3) is 0 Å². The van der Waals surface area contributed by atoms with E-state index in [1.165, 1.54) is 5.56 Å². The lowest BCUT2D eigenvalue weighted by atomic mass is 9.87. The molecule has 14 heavy (non-hydrogen) atoms. The Balaban J connectivity index is 3.21. The number of benzene rings is 1. The monoisotopic (exact) mass is 191 g/mol. The van der Waals surface area contributed by atoms with Gasteiger partial charge in [-0.3, -0.25) is 10.8 Å². The molecule has 0 aliphatic carbocycles. The molecule has 1 aromatic rings. The molecule has 1 rings (SSSR count). The summed E-state index contributed by atoms with van der Waals surface area (Å²) in [7, 11) is 0. The van der Waals surface area contributed by atoms with Crippen LogP contribution in [0, 0.1) is 0 Å². The van der Waals surface area contributed by atoms with Crippen molar-refractivity contribution in [2.75, 3.05) is 5.43 Å². The number of nitrogen functional groups attached to an aromatic ring is 1. The molecule has 0 heterocycles. The van der Waals surface area contributed by atoms with E-state index in [0.29, 0.717) is 0 Å². The number of anilines is 1. The minimum Gasteiger partial charge on any atom is -0.322 e. The van der Waals surface area contributed by atoms with Crippen LogP contribution in [0.1, 0.15) is 26.3 Å². The standard InChI is InChI=1S/C11H17N3/c1-11(2,3)8-5-6-9(13-4)10(7-8)14-12/h5-7,14H,4,12H2,1-3H3. The van der Waals surface area contributed by atoms with Crippen molar-refractivity contribution >= 4 is 18.1 Å². The highest BCUT2D eigenvalue weighted by molar-refractivity contribution is 5.68. The number of rotatable bonds is 2. The quantitative estimate of drug-likeness (QED) is 0.429. The van der Waals surface area contributed by atoms with Crippen molar-refractivity contribution in [3.05, 3.63) is 23.8 Å². The average Bonchev–Trinajstić information content (AvgIpc) is 2.15. The Morgan fingerprint density at radius 2 is 2.00 bits per heavy atom. The highest BCUT2D eigenvalue weighted by atomic mass is 15.2. The molecule has 0 radical (unpaired) electrons. The molecule has 0 saturated heterocycles. The van der Waals surface area contributed by atoms with Crippen LogP contribution in [0.3, 0.4) is 0 Å². The van der Waals surface area contributed by atoms with Crippen LogP contribution in [-0.4, -0.2) is 6.72 Å². The molecule has 0 fully saturated rings. The molecule has 0 atom stereocenters. The van der Waals surface area contributed by atoms with Crippen LogP contribution in [0.4, 0.5) is 11.4 Å². The number of aliphatic imine (C=N–C) groups is 1. The fourth-order valence-corrected chi connectivity index (χ4v) is 1.26. The average molecular weight is 191 g/mol. The summed E-state index contributed by atoms with van der Waals surface area (Å²) in [6.45, 7) is 9.96. The molecule has 0 spiro atoms. The Morgan fingerprint density at radius 3 is 2.43 bits per heavy atom. The van der Waals surface area contributed by atoms with Crippen LogP contribution in [0.5, 0.6) is 0 Å². The molecule has 1 aromatic carbocycles. The number of hydrogen-bond donors (Lipinski definition) is 2. The Bertz CT molecular complexity index is 337. The highest BCUT2D eigenvalue weighted by Crippen LogP contribution is 2.30. The third kappa shape index (κ3) is 2.12. The van der Waals surface area contributed by atoms with Gasteiger partial charge in [0.2, 0.25) is 0 Å². The van der Waals surface area contributed by atoms with E-state index < -0.39 is 0 Å². The van der Waals surface area contributed by atoms with Crippen LogP contribution >= 0.6 is 0 Å². The lowest BCUT2D eigenvalue weighted by Crippen LogP contribution is -2.13. The normalized spacial score (nSPS) is 11.1. The van der Waals surface area contributed by atoms with Crippen molar-refractivity contribution < 1.29 is 0 Å². The Labute approximate surface area is 85.0 Å². The summed E-state index contributed by atoms with van der Waals surface area (Å²) in [6, 6.07) is 5.97. The molecule has 3 heteroatoms. The number of nitrogens with zero attached hydrogens (tertiary/aromatic N) is 1. The molecule has 76 valence electrons. The van der Waals surface area contributed by atoms with Gasteiger partial charge in [0, 0.05) is 0 Å². The van der Waals surface area contributed by atoms with Crippen molar-refractivity contribution in [1.29, 1.82) is 0 Å². The van der Waals surface area contributed by atoms with Crippen LogP contribution < -0.4 is 11.3 Å². The summed E-state index contributed by atoms with van der Waals surface area (Å²) in [5.74, 6) is 5.40. The first-order valence-corrected chi connectivity index (χ1v) is 4.57. The summed E-state index contributed by atoms with van der Waals surface area (Å²) in [5, 5.41) is 0. The van der Waals surface area contributed by atoms with Gasteiger partial charge in [0.15, 0.2) is 0 Å². The lowest BCUT2D eigenvalue weighted by Gasteiger charge is -2.20. The predicted octanol–water partition coefficient (Wildman–Crippen LogP) is 2.60. The zero-order valence-corrected chi connectivity index (χ0v) is 8.96. The Morgan fingerprint density at radius 1 is 1.36 bits per heavy atom. The van der Waals surface area contributed by atoms with Crippen LogP contribution in [0.25, 0.3) is 0 Å². The van der Waals surface area contributed by atoms with E-state index in [9.17, 15) is 0 Å². The van der Waals surface area contributed by atoms with Gasteiger partial charge in [-0.15, -0.1) is 0 Å². The fourth-order valence-electron chi connectivity index (χ4n) is 1.26. The van der Waals surface area contributed by atoms with Gasteiger partial charge in [-0.25, -0.2) is 0 Å². The first-order chi connectivity index (χ1) is 6.49. The van der Waals surface area contributed by atoms with Gasteiger partial charge >= 0.3 is 0 Å². The molecule has 0 unspecified atom stereocenters. The van der Waals surface area contributed by atoms with E-state index in [1.807, 2.05) is 18.2 Å². The Hall–Kier alpha value is -1.35. The fraction of sp³-hybridized carbons (Fsp3) is 0.364. The third-order valence-electron chi connectivity index (χ3n) is 2.19. The second-order valence-electron chi connectivity index (χ2n) is 4.28. The zero-order chi connectivity index (χ0) is 10.8. The molecule has 0 bridgehead atoms. The Kier molecular flexibility index (Phi) is 2.91. The SMILES string of the molecule is C=Nc1ccc(C(C)(C)C)cc1NN. The maximum Gasteiger partial charge on any atom is 0.0867 e. The van der Waals surface area contributed by atoms with Crippen LogP contribution in [-0.2, 0) is 5.41 Å².